The Kier molecular flexibility index (Phi) is 2.58. The number of hydrogen-bond acceptors (Lipinski definition) is 3. The third kappa shape index (κ3) is 1.93. The number of ether oxygens (including phenoxy) is 1. The number of β-amino-alcohol motifs (C(OH)–C–C–N with tert-alkyl or cyclic N) is 1. The number of fused-ring (bicyclic) bond motifs is 1. The lowest BCUT2D eigenvalue weighted by atomic mass is 10.0. The van der Waals surface area contributed by atoms with E-state index >= 15 is 0 Å². The standard InChI is InChI=1S/C13H17NO2/c15-12-8-14(9-12)5-3-10-1-2-13-11(7-10)4-6-16-13/h1-2,7,12,15H,3-6,8-9H2. The minimum Gasteiger partial charge on any atom is -0.493 e. The Morgan fingerprint density at radius 3 is 3.06 bits per heavy atom. The first-order valence-corrected chi connectivity index (χ1v) is 5.96. The van der Waals surface area contributed by atoms with Gasteiger partial charge in [-0.2, -0.15) is 0 Å². The predicted octanol–water partition coefficient (Wildman–Crippen LogP) is 0.841. The van der Waals surface area contributed by atoms with Crippen LogP contribution in [0.15, 0.2) is 18.2 Å². The highest BCUT2D eigenvalue weighted by atomic mass is 16.5. The van der Waals surface area contributed by atoms with Crippen molar-refractivity contribution in [2.24, 2.45) is 0 Å². The van der Waals surface area contributed by atoms with E-state index in [9.17, 15) is 5.11 Å². The fourth-order valence-electron chi connectivity index (χ4n) is 2.41. The number of nitrogens with zero attached hydrogens (tertiary/aromatic N) is 1. The molecule has 1 aromatic carbocycles. The SMILES string of the molecule is OC1CN(CCc2ccc3c(c2)CCO3)C1. The maximum atomic E-state index is 9.18. The van der Waals surface area contributed by atoms with E-state index in [1.807, 2.05) is 0 Å². The first kappa shape index (κ1) is 10.1. The van der Waals surface area contributed by atoms with Crippen LogP contribution >= 0.6 is 0 Å². The smallest absolute Gasteiger partial charge is 0.122 e. The lowest BCUT2D eigenvalue weighted by molar-refractivity contribution is 0.00310. The molecule has 86 valence electrons. The summed E-state index contributed by atoms with van der Waals surface area (Å²) >= 11 is 0. The minimum absolute atomic E-state index is 0.0894. The Bertz CT molecular complexity index is 386. The summed E-state index contributed by atoms with van der Waals surface area (Å²) in [4.78, 5) is 2.29. The van der Waals surface area contributed by atoms with Crippen LogP contribution in [0, 0.1) is 0 Å². The van der Waals surface area contributed by atoms with Gasteiger partial charge in [-0.1, -0.05) is 12.1 Å². The van der Waals surface area contributed by atoms with Crippen LogP contribution in [0.1, 0.15) is 11.1 Å². The molecular weight excluding hydrogens is 202 g/mol. The monoisotopic (exact) mass is 219 g/mol. The van der Waals surface area contributed by atoms with Crippen molar-refractivity contribution in [2.75, 3.05) is 26.2 Å². The van der Waals surface area contributed by atoms with Crippen molar-refractivity contribution in [1.82, 2.24) is 4.90 Å². The quantitative estimate of drug-likeness (QED) is 0.817. The number of aliphatic hydroxyl groups excluding tert-OH is 1. The van der Waals surface area contributed by atoms with Gasteiger partial charge < -0.3 is 9.84 Å². The molecule has 2 aliphatic rings. The molecule has 1 saturated heterocycles. The average Bonchev–Trinajstić information content (AvgIpc) is 2.69. The largest absolute Gasteiger partial charge is 0.493 e. The molecule has 3 rings (SSSR count). The van der Waals surface area contributed by atoms with Crippen molar-refractivity contribution >= 4 is 0 Å². The van der Waals surface area contributed by atoms with Gasteiger partial charge in [-0.15, -0.1) is 0 Å². The third-order valence-electron chi connectivity index (χ3n) is 3.41. The van der Waals surface area contributed by atoms with Crippen molar-refractivity contribution in [3.63, 3.8) is 0 Å². The highest BCUT2D eigenvalue weighted by molar-refractivity contribution is 5.39. The Morgan fingerprint density at radius 2 is 2.25 bits per heavy atom. The number of likely N-dealkylation sites (tertiary alicyclic amines) is 1. The Hall–Kier alpha value is -1.06. The van der Waals surface area contributed by atoms with Gasteiger partial charge in [-0.25, -0.2) is 0 Å². The van der Waals surface area contributed by atoms with E-state index in [2.05, 4.69) is 23.1 Å². The van der Waals surface area contributed by atoms with Crippen molar-refractivity contribution in [2.45, 2.75) is 18.9 Å². The Morgan fingerprint density at radius 1 is 1.38 bits per heavy atom. The molecule has 3 nitrogen and oxygen atoms in total. The van der Waals surface area contributed by atoms with E-state index in [4.69, 9.17) is 4.74 Å². The van der Waals surface area contributed by atoms with E-state index in [0.717, 1.165) is 44.8 Å². The number of benzene rings is 1. The molecule has 1 aromatic rings. The van der Waals surface area contributed by atoms with Gasteiger partial charge in [-0.05, 0) is 23.6 Å². The molecule has 0 aliphatic carbocycles. The van der Waals surface area contributed by atoms with Crippen molar-refractivity contribution < 1.29 is 9.84 Å². The van der Waals surface area contributed by atoms with Gasteiger partial charge in [0, 0.05) is 26.1 Å². The molecule has 0 bridgehead atoms. The van der Waals surface area contributed by atoms with Crippen LogP contribution in [0.25, 0.3) is 0 Å². The molecule has 0 saturated carbocycles. The highest BCUT2D eigenvalue weighted by Crippen LogP contribution is 2.26. The van der Waals surface area contributed by atoms with E-state index in [1.165, 1.54) is 11.1 Å². The molecule has 0 radical (unpaired) electrons. The molecule has 0 spiro atoms. The maximum Gasteiger partial charge on any atom is 0.122 e. The summed E-state index contributed by atoms with van der Waals surface area (Å²) in [5.41, 5.74) is 2.73. The fourth-order valence-corrected chi connectivity index (χ4v) is 2.41. The Labute approximate surface area is 95.6 Å². The van der Waals surface area contributed by atoms with Gasteiger partial charge in [0.05, 0.1) is 12.7 Å². The van der Waals surface area contributed by atoms with Crippen LogP contribution in [0.4, 0.5) is 0 Å². The summed E-state index contributed by atoms with van der Waals surface area (Å²) in [6.45, 7) is 3.57. The molecule has 1 fully saturated rings. The van der Waals surface area contributed by atoms with Gasteiger partial charge in [0.15, 0.2) is 0 Å². The van der Waals surface area contributed by atoms with Crippen LogP contribution < -0.4 is 4.74 Å². The molecule has 0 atom stereocenters. The molecule has 0 aromatic heterocycles. The van der Waals surface area contributed by atoms with E-state index in [1.54, 1.807) is 0 Å². The first-order valence-electron chi connectivity index (χ1n) is 5.96. The van der Waals surface area contributed by atoms with Gasteiger partial charge >= 0.3 is 0 Å². The normalized spacial score (nSPS) is 20.3. The van der Waals surface area contributed by atoms with Crippen molar-refractivity contribution in [3.8, 4) is 5.75 Å². The molecule has 1 N–H and O–H groups in total. The summed E-state index contributed by atoms with van der Waals surface area (Å²) in [7, 11) is 0. The molecule has 2 aliphatic heterocycles. The molecule has 3 heteroatoms. The van der Waals surface area contributed by atoms with E-state index < -0.39 is 0 Å². The lowest BCUT2D eigenvalue weighted by Gasteiger charge is -2.35. The average molecular weight is 219 g/mol. The second-order valence-electron chi connectivity index (χ2n) is 4.70. The first-order chi connectivity index (χ1) is 7.81. The summed E-state index contributed by atoms with van der Waals surface area (Å²) in [6, 6.07) is 6.50. The third-order valence-corrected chi connectivity index (χ3v) is 3.41. The van der Waals surface area contributed by atoms with Crippen LogP contribution in [0.2, 0.25) is 0 Å². The topological polar surface area (TPSA) is 32.7 Å². The second-order valence-corrected chi connectivity index (χ2v) is 4.70. The summed E-state index contributed by atoms with van der Waals surface area (Å²) in [5, 5.41) is 9.18. The van der Waals surface area contributed by atoms with Gasteiger partial charge in [0.25, 0.3) is 0 Å². The van der Waals surface area contributed by atoms with Crippen LogP contribution in [0.5, 0.6) is 5.75 Å². The lowest BCUT2D eigenvalue weighted by Crippen LogP contribution is -2.51. The van der Waals surface area contributed by atoms with Gasteiger partial charge in [0.1, 0.15) is 5.75 Å². The minimum atomic E-state index is -0.0894. The number of rotatable bonds is 3. The zero-order valence-electron chi connectivity index (χ0n) is 9.35. The molecule has 0 amide bonds. The van der Waals surface area contributed by atoms with Crippen LogP contribution in [0.3, 0.4) is 0 Å². The summed E-state index contributed by atoms with van der Waals surface area (Å²) < 4.78 is 5.48. The predicted molar refractivity (Wildman–Crippen MR) is 61.8 cm³/mol. The summed E-state index contributed by atoms with van der Waals surface area (Å²) in [6.07, 6.45) is 2.03. The maximum absolute atomic E-state index is 9.18. The van der Waals surface area contributed by atoms with Gasteiger partial charge in [0.2, 0.25) is 0 Å². The van der Waals surface area contributed by atoms with Crippen molar-refractivity contribution in [3.05, 3.63) is 29.3 Å². The van der Waals surface area contributed by atoms with Crippen LogP contribution in [-0.4, -0.2) is 42.4 Å². The molecular formula is C13H17NO2. The zero-order valence-corrected chi connectivity index (χ0v) is 9.35. The highest BCUT2D eigenvalue weighted by Gasteiger charge is 2.23. The Balaban J connectivity index is 1.58. The second kappa shape index (κ2) is 4.07. The van der Waals surface area contributed by atoms with Crippen LogP contribution in [-0.2, 0) is 12.8 Å². The molecule has 2 heterocycles. The van der Waals surface area contributed by atoms with Gasteiger partial charge in [-0.3, -0.25) is 4.90 Å². The number of aliphatic hydroxyl groups is 1. The summed E-state index contributed by atoms with van der Waals surface area (Å²) in [5.74, 6) is 1.06. The zero-order chi connectivity index (χ0) is 11.0. The number of hydrogen-bond donors (Lipinski definition) is 1. The fraction of sp³-hybridized carbons (Fsp3) is 0.538. The van der Waals surface area contributed by atoms with E-state index in [0.29, 0.717) is 0 Å². The van der Waals surface area contributed by atoms with Crippen molar-refractivity contribution in [1.29, 1.82) is 0 Å². The molecule has 0 unspecified atom stereocenters. The molecule has 16 heavy (non-hydrogen) atoms. The van der Waals surface area contributed by atoms with E-state index in [-0.39, 0.29) is 6.10 Å².